The van der Waals surface area contributed by atoms with E-state index in [-0.39, 0.29) is 23.5 Å². The second kappa shape index (κ2) is 7.61. The lowest BCUT2D eigenvalue weighted by atomic mass is 9.92. The molecule has 2 aliphatic rings. The largest absolute Gasteiger partial charge is 0.342 e. The molecule has 10 heteroatoms. The van der Waals surface area contributed by atoms with Crippen molar-refractivity contribution in [3.8, 4) is 0 Å². The third kappa shape index (κ3) is 3.82. The summed E-state index contributed by atoms with van der Waals surface area (Å²) in [5.74, 6) is -3.98. The van der Waals surface area contributed by atoms with Crippen LogP contribution in [0.4, 0.5) is 26.2 Å². The summed E-state index contributed by atoms with van der Waals surface area (Å²) in [4.78, 5) is 46.6. The van der Waals surface area contributed by atoms with E-state index in [2.05, 4.69) is 20.6 Å². The van der Waals surface area contributed by atoms with Gasteiger partial charge in [0.1, 0.15) is 5.82 Å². The van der Waals surface area contributed by atoms with E-state index in [9.17, 15) is 23.2 Å². The van der Waals surface area contributed by atoms with Crippen molar-refractivity contribution in [3.63, 3.8) is 0 Å². The molecule has 2 aromatic rings. The number of aromatic amines is 1. The van der Waals surface area contributed by atoms with E-state index < -0.39 is 34.9 Å². The van der Waals surface area contributed by atoms with Crippen molar-refractivity contribution >= 4 is 29.3 Å². The minimum absolute atomic E-state index is 0.0238. The molecule has 4 rings (SSSR count). The number of halogens is 2. The summed E-state index contributed by atoms with van der Waals surface area (Å²) in [7, 11) is 0. The van der Waals surface area contributed by atoms with Crippen molar-refractivity contribution in [2.75, 3.05) is 28.6 Å². The molecule has 0 aliphatic carbocycles. The standard InChI is InChI=1S/C19H19F2N5O3/c20-12-5-4-10(8-13(12)21)22-17(28)11-9-14(27)23-16-15(11)18(29)25-19(24-16)26-6-2-1-3-7-26/h4-5,8,11H,1-3,6-7,9H2,(H,22,28)(H2,23,24,25,27,29)/t11-/m1/s1. The first-order chi connectivity index (χ1) is 13.9. The zero-order chi connectivity index (χ0) is 20.5. The molecule has 0 unspecified atom stereocenters. The summed E-state index contributed by atoms with van der Waals surface area (Å²) in [5.41, 5.74) is -0.442. The molecule has 0 saturated carbocycles. The van der Waals surface area contributed by atoms with Crippen LogP contribution in [0.5, 0.6) is 0 Å². The Labute approximate surface area is 164 Å². The highest BCUT2D eigenvalue weighted by Gasteiger charge is 2.35. The first-order valence-corrected chi connectivity index (χ1v) is 9.37. The molecule has 29 heavy (non-hydrogen) atoms. The summed E-state index contributed by atoms with van der Waals surface area (Å²) < 4.78 is 26.5. The van der Waals surface area contributed by atoms with E-state index in [1.54, 1.807) is 0 Å². The number of nitrogens with zero attached hydrogens (tertiary/aromatic N) is 2. The van der Waals surface area contributed by atoms with Gasteiger partial charge in [-0.15, -0.1) is 0 Å². The van der Waals surface area contributed by atoms with Crippen molar-refractivity contribution in [2.24, 2.45) is 0 Å². The van der Waals surface area contributed by atoms with Crippen LogP contribution in [0.25, 0.3) is 0 Å². The SMILES string of the molecule is O=C1C[C@@H](C(=O)Nc2ccc(F)c(F)c2)c2c(nc(N3CCCCC3)[nH]c2=O)N1. The van der Waals surface area contributed by atoms with Crippen molar-refractivity contribution in [1.29, 1.82) is 0 Å². The molecule has 8 nitrogen and oxygen atoms in total. The topological polar surface area (TPSA) is 107 Å². The number of benzene rings is 1. The van der Waals surface area contributed by atoms with Crippen molar-refractivity contribution < 1.29 is 18.4 Å². The molecule has 1 aromatic carbocycles. The predicted octanol–water partition coefficient (Wildman–Crippen LogP) is 2.10. The van der Waals surface area contributed by atoms with E-state index in [0.29, 0.717) is 5.95 Å². The van der Waals surface area contributed by atoms with Crippen LogP contribution in [-0.2, 0) is 9.59 Å². The molecule has 1 saturated heterocycles. The van der Waals surface area contributed by atoms with E-state index >= 15 is 0 Å². The first kappa shape index (κ1) is 19.0. The number of piperidine rings is 1. The molecule has 1 atom stereocenters. The Morgan fingerprint density at radius 3 is 2.62 bits per heavy atom. The average Bonchev–Trinajstić information content (AvgIpc) is 2.70. The summed E-state index contributed by atoms with van der Waals surface area (Å²) in [5, 5.41) is 4.99. The number of H-pyrrole nitrogens is 1. The first-order valence-electron chi connectivity index (χ1n) is 9.37. The second-order valence-electron chi connectivity index (χ2n) is 7.12. The number of nitrogens with one attached hydrogen (secondary N) is 3. The molecule has 1 aromatic heterocycles. The zero-order valence-electron chi connectivity index (χ0n) is 15.4. The van der Waals surface area contributed by atoms with Gasteiger partial charge in [-0.2, -0.15) is 4.98 Å². The van der Waals surface area contributed by atoms with Crippen molar-refractivity contribution in [1.82, 2.24) is 9.97 Å². The van der Waals surface area contributed by atoms with Crippen LogP contribution in [0.2, 0.25) is 0 Å². The van der Waals surface area contributed by atoms with Gasteiger partial charge in [0.05, 0.1) is 11.5 Å². The van der Waals surface area contributed by atoms with Gasteiger partial charge < -0.3 is 15.5 Å². The normalized spacial score (nSPS) is 18.8. The number of aromatic nitrogens is 2. The van der Waals surface area contributed by atoms with Crippen LogP contribution in [-0.4, -0.2) is 34.9 Å². The molecule has 0 bridgehead atoms. The van der Waals surface area contributed by atoms with Crippen LogP contribution in [0.15, 0.2) is 23.0 Å². The maximum absolute atomic E-state index is 13.4. The third-order valence-electron chi connectivity index (χ3n) is 5.10. The molecule has 152 valence electrons. The van der Waals surface area contributed by atoms with Crippen LogP contribution in [0, 0.1) is 11.6 Å². The highest BCUT2D eigenvalue weighted by atomic mass is 19.2. The summed E-state index contributed by atoms with van der Waals surface area (Å²) in [6.07, 6.45) is 2.81. The zero-order valence-corrected chi connectivity index (χ0v) is 15.4. The number of amides is 2. The van der Waals surface area contributed by atoms with Crippen LogP contribution >= 0.6 is 0 Å². The fourth-order valence-corrected chi connectivity index (χ4v) is 3.64. The van der Waals surface area contributed by atoms with Gasteiger partial charge in [0.15, 0.2) is 11.6 Å². The Balaban J connectivity index is 1.64. The molecule has 0 radical (unpaired) electrons. The Kier molecular flexibility index (Phi) is 4.99. The number of hydrogen-bond acceptors (Lipinski definition) is 5. The number of anilines is 3. The summed E-state index contributed by atoms with van der Waals surface area (Å²) >= 11 is 0. The second-order valence-corrected chi connectivity index (χ2v) is 7.12. The van der Waals surface area contributed by atoms with Crippen LogP contribution in [0.1, 0.15) is 37.2 Å². The maximum atomic E-state index is 13.4. The molecule has 2 amide bonds. The number of fused-ring (bicyclic) bond motifs is 1. The van der Waals surface area contributed by atoms with E-state index in [0.717, 1.165) is 44.5 Å². The monoisotopic (exact) mass is 403 g/mol. The Morgan fingerprint density at radius 2 is 1.90 bits per heavy atom. The van der Waals surface area contributed by atoms with E-state index in [1.807, 2.05) is 4.90 Å². The Bertz CT molecular complexity index is 1030. The molecule has 2 aliphatic heterocycles. The van der Waals surface area contributed by atoms with Gasteiger partial charge in [-0.05, 0) is 31.4 Å². The van der Waals surface area contributed by atoms with Gasteiger partial charge in [-0.3, -0.25) is 19.4 Å². The number of carbonyl (C=O) groups excluding carboxylic acids is 2. The van der Waals surface area contributed by atoms with Crippen molar-refractivity contribution in [2.45, 2.75) is 31.6 Å². The summed E-state index contributed by atoms with van der Waals surface area (Å²) in [6, 6.07) is 2.91. The molecular formula is C19H19F2N5O3. The van der Waals surface area contributed by atoms with E-state index in [1.165, 1.54) is 6.07 Å². The van der Waals surface area contributed by atoms with Gasteiger partial charge in [-0.1, -0.05) is 0 Å². The molecule has 3 N–H and O–H groups in total. The lowest BCUT2D eigenvalue weighted by Gasteiger charge is -2.29. The van der Waals surface area contributed by atoms with Gasteiger partial charge in [-0.25, -0.2) is 8.78 Å². The van der Waals surface area contributed by atoms with Crippen LogP contribution in [0.3, 0.4) is 0 Å². The number of hydrogen-bond donors (Lipinski definition) is 3. The highest BCUT2D eigenvalue weighted by molar-refractivity contribution is 6.04. The quantitative estimate of drug-likeness (QED) is 0.728. The lowest BCUT2D eigenvalue weighted by Crippen LogP contribution is -2.38. The summed E-state index contributed by atoms with van der Waals surface area (Å²) in [6.45, 7) is 1.49. The molecule has 1 fully saturated rings. The Morgan fingerprint density at radius 1 is 1.14 bits per heavy atom. The smallest absolute Gasteiger partial charge is 0.258 e. The van der Waals surface area contributed by atoms with Crippen molar-refractivity contribution in [3.05, 3.63) is 45.8 Å². The number of carbonyl (C=O) groups is 2. The minimum Gasteiger partial charge on any atom is -0.342 e. The molecular weight excluding hydrogens is 384 g/mol. The lowest BCUT2D eigenvalue weighted by molar-refractivity contribution is -0.123. The molecule has 0 spiro atoms. The van der Waals surface area contributed by atoms with Gasteiger partial charge in [0.2, 0.25) is 17.8 Å². The maximum Gasteiger partial charge on any atom is 0.258 e. The van der Waals surface area contributed by atoms with E-state index in [4.69, 9.17) is 0 Å². The Hall–Kier alpha value is -3.30. The number of rotatable bonds is 3. The fourth-order valence-electron chi connectivity index (χ4n) is 3.64. The average molecular weight is 403 g/mol. The van der Waals surface area contributed by atoms with Gasteiger partial charge >= 0.3 is 0 Å². The fraction of sp³-hybridized carbons (Fsp3) is 0.368. The predicted molar refractivity (Wildman–Crippen MR) is 102 cm³/mol. The molecule has 3 heterocycles. The van der Waals surface area contributed by atoms with Gasteiger partial charge in [0.25, 0.3) is 5.56 Å². The van der Waals surface area contributed by atoms with Crippen LogP contribution < -0.4 is 21.1 Å². The minimum atomic E-state index is -1.12. The van der Waals surface area contributed by atoms with Gasteiger partial charge in [0, 0.05) is 31.3 Å². The highest BCUT2D eigenvalue weighted by Crippen LogP contribution is 2.30. The third-order valence-corrected chi connectivity index (χ3v) is 5.10.